The first-order valence-electron chi connectivity index (χ1n) is 7.82. The predicted molar refractivity (Wildman–Crippen MR) is 92.8 cm³/mol. The van der Waals surface area contributed by atoms with Gasteiger partial charge in [-0.25, -0.2) is 8.78 Å². The van der Waals surface area contributed by atoms with Crippen molar-refractivity contribution in [2.24, 2.45) is 0 Å². The molecule has 3 rings (SSSR count). The van der Waals surface area contributed by atoms with E-state index < -0.39 is 0 Å². The average Bonchev–Trinajstić information content (AvgIpc) is 2.60. The number of rotatable bonds is 5. The molecule has 3 heteroatoms. The number of hydrogen-bond acceptors (Lipinski definition) is 1. The summed E-state index contributed by atoms with van der Waals surface area (Å²) in [7, 11) is 1.62. The van der Waals surface area contributed by atoms with Gasteiger partial charge >= 0.3 is 0 Å². The zero-order valence-electron chi connectivity index (χ0n) is 13.4. The Balaban J connectivity index is 2.04. The lowest BCUT2D eigenvalue weighted by Crippen LogP contribution is -1.96. The van der Waals surface area contributed by atoms with Crippen molar-refractivity contribution >= 4 is 0 Å². The van der Waals surface area contributed by atoms with Crippen LogP contribution < -0.4 is 0 Å². The molecule has 0 aliphatic heterocycles. The standard InChI is InChI=1S/C21H18F2O/c1-24-12-11-15-9-10-20(21(23)13-15)19-8-3-2-7-18(19)16-5-4-6-17(22)14-16/h2-10,13-14H,11-12H2,1H3. The monoisotopic (exact) mass is 324 g/mol. The molecule has 0 heterocycles. The summed E-state index contributed by atoms with van der Waals surface area (Å²) in [6, 6.07) is 19.0. The second kappa shape index (κ2) is 7.37. The quantitative estimate of drug-likeness (QED) is 0.603. The van der Waals surface area contributed by atoms with Crippen molar-refractivity contribution in [2.45, 2.75) is 6.42 Å². The molecule has 0 atom stereocenters. The number of hydrogen-bond donors (Lipinski definition) is 0. The lowest BCUT2D eigenvalue weighted by molar-refractivity contribution is 0.202. The summed E-state index contributed by atoms with van der Waals surface area (Å²) < 4.78 is 33.2. The van der Waals surface area contributed by atoms with Crippen LogP contribution in [0.15, 0.2) is 66.7 Å². The highest BCUT2D eigenvalue weighted by molar-refractivity contribution is 5.83. The maximum atomic E-state index is 14.6. The summed E-state index contributed by atoms with van der Waals surface area (Å²) in [5.41, 5.74) is 3.69. The van der Waals surface area contributed by atoms with Gasteiger partial charge in [0.15, 0.2) is 0 Å². The summed E-state index contributed by atoms with van der Waals surface area (Å²) in [6.45, 7) is 0.554. The average molecular weight is 324 g/mol. The molecule has 0 radical (unpaired) electrons. The topological polar surface area (TPSA) is 9.23 Å². The Morgan fingerprint density at radius 2 is 1.58 bits per heavy atom. The summed E-state index contributed by atoms with van der Waals surface area (Å²) in [5.74, 6) is -0.592. The van der Waals surface area contributed by atoms with E-state index in [1.165, 1.54) is 18.2 Å². The fourth-order valence-electron chi connectivity index (χ4n) is 2.78. The van der Waals surface area contributed by atoms with E-state index in [4.69, 9.17) is 4.74 Å². The lowest BCUT2D eigenvalue weighted by atomic mass is 9.93. The Morgan fingerprint density at radius 3 is 2.29 bits per heavy atom. The Hall–Kier alpha value is -2.52. The maximum Gasteiger partial charge on any atom is 0.131 e. The minimum atomic E-state index is -0.308. The van der Waals surface area contributed by atoms with Crippen LogP contribution in [0.5, 0.6) is 0 Å². The zero-order chi connectivity index (χ0) is 16.9. The zero-order valence-corrected chi connectivity index (χ0v) is 13.4. The SMILES string of the molecule is COCCc1ccc(-c2ccccc2-c2cccc(F)c2)c(F)c1. The van der Waals surface area contributed by atoms with Crippen LogP contribution in [0.4, 0.5) is 8.78 Å². The molecule has 3 aromatic rings. The fraction of sp³-hybridized carbons (Fsp3) is 0.143. The molecule has 0 spiro atoms. The van der Waals surface area contributed by atoms with Gasteiger partial charge in [0.1, 0.15) is 11.6 Å². The van der Waals surface area contributed by atoms with Crippen LogP contribution in [0, 0.1) is 11.6 Å². The van der Waals surface area contributed by atoms with Crippen LogP contribution in [0.3, 0.4) is 0 Å². The van der Waals surface area contributed by atoms with E-state index in [1.54, 1.807) is 19.2 Å². The van der Waals surface area contributed by atoms with Crippen LogP contribution in [-0.4, -0.2) is 13.7 Å². The largest absolute Gasteiger partial charge is 0.384 e. The molecular formula is C21H18F2O. The van der Waals surface area contributed by atoms with E-state index >= 15 is 0 Å². The van der Waals surface area contributed by atoms with Gasteiger partial charge in [0, 0.05) is 12.7 Å². The third-order valence-corrected chi connectivity index (χ3v) is 3.98. The Morgan fingerprint density at radius 1 is 0.792 bits per heavy atom. The molecule has 0 aliphatic rings. The summed E-state index contributed by atoms with van der Waals surface area (Å²) in [6.07, 6.45) is 0.666. The first kappa shape index (κ1) is 16.3. The highest BCUT2D eigenvalue weighted by Gasteiger charge is 2.12. The molecule has 1 nitrogen and oxygen atoms in total. The summed E-state index contributed by atoms with van der Waals surface area (Å²) in [5, 5.41) is 0. The van der Waals surface area contributed by atoms with Crippen molar-refractivity contribution in [3.05, 3.63) is 83.9 Å². The van der Waals surface area contributed by atoms with Crippen LogP contribution in [0.25, 0.3) is 22.3 Å². The van der Waals surface area contributed by atoms with Crippen LogP contribution in [-0.2, 0) is 11.2 Å². The molecule has 0 unspecified atom stereocenters. The minimum absolute atomic E-state index is 0.285. The molecule has 24 heavy (non-hydrogen) atoms. The molecular weight excluding hydrogens is 306 g/mol. The number of ether oxygens (including phenoxy) is 1. The highest BCUT2D eigenvalue weighted by atomic mass is 19.1. The van der Waals surface area contributed by atoms with E-state index in [9.17, 15) is 8.78 Å². The number of halogens is 2. The van der Waals surface area contributed by atoms with Crippen LogP contribution >= 0.6 is 0 Å². The molecule has 0 fully saturated rings. The second-order valence-corrected chi connectivity index (χ2v) is 5.61. The van der Waals surface area contributed by atoms with Crippen LogP contribution in [0.1, 0.15) is 5.56 Å². The number of methoxy groups -OCH3 is 1. The van der Waals surface area contributed by atoms with Crippen molar-refractivity contribution in [2.75, 3.05) is 13.7 Å². The molecule has 0 amide bonds. The van der Waals surface area contributed by atoms with E-state index in [0.717, 1.165) is 22.3 Å². The van der Waals surface area contributed by atoms with E-state index in [-0.39, 0.29) is 11.6 Å². The van der Waals surface area contributed by atoms with Gasteiger partial charge in [-0.1, -0.05) is 48.5 Å². The molecule has 0 saturated carbocycles. The Labute approximate surface area is 140 Å². The smallest absolute Gasteiger partial charge is 0.131 e. The molecule has 0 aromatic heterocycles. The van der Waals surface area contributed by atoms with Gasteiger partial charge in [0.05, 0.1) is 6.61 Å². The van der Waals surface area contributed by atoms with Crippen molar-refractivity contribution in [1.29, 1.82) is 0 Å². The van der Waals surface area contributed by atoms with Gasteiger partial charge in [0.25, 0.3) is 0 Å². The minimum Gasteiger partial charge on any atom is -0.384 e. The second-order valence-electron chi connectivity index (χ2n) is 5.61. The van der Waals surface area contributed by atoms with Gasteiger partial charge < -0.3 is 4.74 Å². The molecule has 0 N–H and O–H groups in total. The molecule has 0 saturated heterocycles. The van der Waals surface area contributed by atoms with Gasteiger partial charge in [-0.3, -0.25) is 0 Å². The molecule has 122 valence electrons. The van der Waals surface area contributed by atoms with Crippen molar-refractivity contribution in [1.82, 2.24) is 0 Å². The molecule has 3 aromatic carbocycles. The highest BCUT2D eigenvalue weighted by Crippen LogP contribution is 2.34. The first-order valence-corrected chi connectivity index (χ1v) is 7.82. The van der Waals surface area contributed by atoms with E-state index in [1.807, 2.05) is 36.4 Å². The first-order chi connectivity index (χ1) is 11.7. The third kappa shape index (κ3) is 3.52. The van der Waals surface area contributed by atoms with E-state index in [2.05, 4.69) is 0 Å². The Bertz CT molecular complexity index is 843. The fourth-order valence-corrected chi connectivity index (χ4v) is 2.78. The van der Waals surface area contributed by atoms with Gasteiger partial charge in [-0.2, -0.15) is 0 Å². The normalized spacial score (nSPS) is 10.8. The summed E-state index contributed by atoms with van der Waals surface area (Å²) in [4.78, 5) is 0. The third-order valence-electron chi connectivity index (χ3n) is 3.98. The molecule has 0 aliphatic carbocycles. The van der Waals surface area contributed by atoms with Gasteiger partial charge in [0.2, 0.25) is 0 Å². The lowest BCUT2D eigenvalue weighted by Gasteiger charge is -2.12. The van der Waals surface area contributed by atoms with Crippen molar-refractivity contribution < 1.29 is 13.5 Å². The van der Waals surface area contributed by atoms with Gasteiger partial charge in [-0.05, 0) is 46.9 Å². The Kier molecular flexibility index (Phi) is 5.02. The van der Waals surface area contributed by atoms with Crippen molar-refractivity contribution in [3.63, 3.8) is 0 Å². The van der Waals surface area contributed by atoms with E-state index in [0.29, 0.717) is 18.6 Å². The maximum absolute atomic E-state index is 14.6. The summed E-state index contributed by atoms with van der Waals surface area (Å²) >= 11 is 0. The number of benzene rings is 3. The predicted octanol–water partition coefficient (Wildman–Crippen LogP) is 5.49. The van der Waals surface area contributed by atoms with Gasteiger partial charge in [-0.15, -0.1) is 0 Å². The van der Waals surface area contributed by atoms with Crippen LogP contribution in [0.2, 0.25) is 0 Å². The van der Waals surface area contributed by atoms with Crippen molar-refractivity contribution in [3.8, 4) is 22.3 Å². The molecule has 0 bridgehead atoms.